The van der Waals surface area contributed by atoms with Crippen LogP contribution in [-0.4, -0.2) is 20.1 Å². The molecule has 0 aliphatic carbocycles. The lowest BCUT2D eigenvalue weighted by molar-refractivity contribution is 0.173. The Kier molecular flexibility index (Phi) is 3.73. The average Bonchev–Trinajstić information content (AvgIpc) is 2.78. The Morgan fingerprint density at radius 1 is 1.39 bits per heavy atom. The Labute approximate surface area is 111 Å². The molecule has 1 unspecified atom stereocenters. The minimum atomic E-state index is -0.619. The van der Waals surface area contributed by atoms with Crippen LogP contribution >= 0.6 is 11.3 Å². The molecule has 2 heterocycles. The maximum atomic E-state index is 10.1. The molecule has 0 fully saturated rings. The number of rotatable bonds is 3. The van der Waals surface area contributed by atoms with Gasteiger partial charge in [0.25, 0.3) is 0 Å². The fourth-order valence-corrected chi connectivity index (χ4v) is 2.58. The van der Waals surface area contributed by atoms with Gasteiger partial charge < -0.3 is 5.11 Å². The van der Waals surface area contributed by atoms with Crippen molar-refractivity contribution in [1.29, 1.82) is 0 Å². The fourth-order valence-electron chi connectivity index (χ4n) is 1.52. The summed E-state index contributed by atoms with van der Waals surface area (Å²) in [7, 11) is 0. The normalized spacial score (nSPS) is 13.6. The van der Waals surface area contributed by atoms with E-state index in [9.17, 15) is 5.11 Å². The summed E-state index contributed by atoms with van der Waals surface area (Å²) < 4.78 is 0. The minimum Gasteiger partial charge on any atom is -0.386 e. The smallest absolute Gasteiger partial charge is 0.115 e. The van der Waals surface area contributed by atoms with E-state index in [1.807, 2.05) is 0 Å². The highest BCUT2D eigenvalue weighted by atomic mass is 32.1. The predicted molar refractivity (Wildman–Crippen MR) is 71.5 cm³/mol. The van der Waals surface area contributed by atoms with E-state index < -0.39 is 6.10 Å². The summed E-state index contributed by atoms with van der Waals surface area (Å²) >= 11 is 1.58. The summed E-state index contributed by atoms with van der Waals surface area (Å²) in [6, 6.07) is 1.73. The van der Waals surface area contributed by atoms with Gasteiger partial charge in [-0.3, -0.25) is 0 Å². The summed E-state index contributed by atoms with van der Waals surface area (Å²) in [4.78, 5) is 12.4. The molecule has 1 atom stereocenters. The van der Waals surface area contributed by atoms with Crippen molar-refractivity contribution in [3.63, 3.8) is 0 Å². The summed E-state index contributed by atoms with van der Waals surface area (Å²) in [5.41, 5.74) is 1.75. The number of aliphatic hydroxyl groups excluding tert-OH is 1. The number of nitrogens with zero attached hydrogens (tertiary/aromatic N) is 3. The van der Waals surface area contributed by atoms with Gasteiger partial charge in [0, 0.05) is 23.4 Å². The molecule has 0 bridgehead atoms. The van der Waals surface area contributed by atoms with E-state index in [2.05, 4.69) is 41.1 Å². The van der Waals surface area contributed by atoms with Gasteiger partial charge in [0.15, 0.2) is 0 Å². The van der Waals surface area contributed by atoms with Crippen LogP contribution in [0.3, 0.4) is 0 Å². The molecule has 18 heavy (non-hydrogen) atoms. The van der Waals surface area contributed by atoms with Crippen LogP contribution in [0.2, 0.25) is 0 Å². The molecular weight excluding hydrogens is 246 g/mol. The first-order chi connectivity index (χ1) is 8.47. The third-order valence-electron chi connectivity index (χ3n) is 2.63. The summed E-state index contributed by atoms with van der Waals surface area (Å²) in [6.45, 7) is 6.39. The van der Waals surface area contributed by atoms with Crippen molar-refractivity contribution in [2.75, 3.05) is 0 Å². The molecular formula is C13H17N3OS. The van der Waals surface area contributed by atoms with Gasteiger partial charge in [0.1, 0.15) is 12.4 Å². The van der Waals surface area contributed by atoms with E-state index >= 15 is 0 Å². The highest BCUT2D eigenvalue weighted by Gasteiger charge is 2.19. The molecule has 2 aromatic heterocycles. The number of hydrogen-bond acceptors (Lipinski definition) is 5. The molecule has 96 valence electrons. The predicted octanol–water partition coefficient (Wildman–Crippen LogP) is 2.51. The van der Waals surface area contributed by atoms with Crippen LogP contribution in [0.25, 0.3) is 0 Å². The van der Waals surface area contributed by atoms with E-state index in [0.29, 0.717) is 12.1 Å². The van der Waals surface area contributed by atoms with Gasteiger partial charge in [-0.2, -0.15) is 0 Å². The molecule has 0 amide bonds. The molecule has 0 saturated carbocycles. The molecule has 0 aliphatic rings. The molecule has 0 saturated heterocycles. The zero-order valence-electron chi connectivity index (χ0n) is 10.8. The van der Waals surface area contributed by atoms with Crippen molar-refractivity contribution in [3.8, 4) is 0 Å². The van der Waals surface area contributed by atoms with Crippen LogP contribution < -0.4 is 0 Å². The van der Waals surface area contributed by atoms with Crippen LogP contribution in [0.5, 0.6) is 0 Å². The molecule has 5 heteroatoms. The summed E-state index contributed by atoms with van der Waals surface area (Å²) in [6.07, 6.45) is 2.96. The monoisotopic (exact) mass is 263 g/mol. The largest absolute Gasteiger partial charge is 0.386 e. The molecule has 4 nitrogen and oxygen atoms in total. The molecule has 2 rings (SSSR count). The maximum Gasteiger partial charge on any atom is 0.115 e. The SMILES string of the molecule is CC(C)(C)c1csc(CC(O)c2ccncn2)n1. The molecule has 2 aromatic rings. The molecule has 1 N–H and O–H groups in total. The van der Waals surface area contributed by atoms with Gasteiger partial charge in [-0.05, 0) is 6.07 Å². The fraction of sp³-hybridized carbons (Fsp3) is 0.462. The third-order valence-corrected chi connectivity index (χ3v) is 3.51. The second-order valence-electron chi connectivity index (χ2n) is 5.23. The Hall–Kier alpha value is -1.33. The van der Waals surface area contributed by atoms with Gasteiger partial charge in [0.2, 0.25) is 0 Å². The van der Waals surface area contributed by atoms with Crippen molar-refractivity contribution in [2.24, 2.45) is 0 Å². The van der Waals surface area contributed by atoms with Crippen molar-refractivity contribution in [3.05, 3.63) is 40.4 Å². The van der Waals surface area contributed by atoms with Crippen molar-refractivity contribution < 1.29 is 5.11 Å². The van der Waals surface area contributed by atoms with Crippen molar-refractivity contribution >= 4 is 11.3 Å². The van der Waals surface area contributed by atoms with Crippen molar-refractivity contribution in [2.45, 2.75) is 38.7 Å². The van der Waals surface area contributed by atoms with Crippen LogP contribution in [0, 0.1) is 0 Å². The van der Waals surface area contributed by atoms with E-state index in [4.69, 9.17) is 0 Å². The standard InChI is InChI=1S/C13H17N3OS/c1-13(2,3)11-7-18-12(16-11)6-10(17)9-4-5-14-8-15-9/h4-5,7-8,10,17H,6H2,1-3H3. The first-order valence-corrected chi connectivity index (χ1v) is 6.73. The number of aromatic nitrogens is 3. The lowest BCUT2D eigenvalue weighted by atomic mass is 9.93. The minimum absolute atomic E-state index is 0.0502. The van der Waals surface area contributed by atoms with Gasteiger partial charge in [-0.25, -0.2) is 15.0 Å². The maximum absolute atomic E-state index is 10.1. The average molecular weight is 263 g/mol. The molecule has 0 spiro atoms. The Morgan fingerprint density at radius 3 is 2.72 bits per heavy atom. The zero-order valence-corrected chi connectivity index (χ0v) is 11.6. The molecule has 0 aromatic carbocycles. The van der Waals surface area contributed by atoms with Crippen molar-refractivity contribution in [1.82, 2.24) is 15.0 Å². The van der Waals surface area contributed by atoms with Gasteiger partial charge in [-0.15, -0.1) is 11.3 Å². The van der Waals surface area contributed by atoms with E-state index in [1.54, 1.807) is 23.6 Å². The van der Waals surface area contributed by atoms with E-state index in [0.717, 1.165) is 10.7 Å². The van der Waals surface area contributed by atoms with Crippen LogP contribution in [-0.2, 0) is 11.8 Å². The Bertz CT molecular complexity index is 504. The Morgan fingerprint density at radius 2 is 2.17 bits per heavy atom. The quantitative estimate of drug-likeness (QED) is 0.924. The summed E-state index contributed by atoms with van der Waals surface area (Å²) in [5, 5.41) is 13.1. The van der Waals surface area contributed by atoms with E-state index in [1.165, 1.54) is 6.33 Å². The highest BCUT2D eigenvalue weighted by molar-refractivity contribution is 7.09. The van der Waals surface area contributed by atoms with E-state index in [-0.39, 0.29) is 5.41 Å². The number of aliphatic hydroxyl groups is 1. The van der Waals surface area contributed by atoms with Gasteiger partial charge >= 0.3 is 0 Å². The van der Waals surface area contributed by atoms with Gasteiger partial charge in [0.05, 0.1) is 16.4 Å². The molecule has 0 aliphatic heterocycles. The lowest BCUT2D eigenvalue weighted by Crippen LogP contribution is -2.12. The van der Waals surface area contributed by atoms with Crippen LogP contribution in [0.15, 0.2) is 24.0 Å². The third kappa shape index (κ3) is 3.11. The zero-order chi connectivity index (χ0) is 13.2. The number of hydrogen-bond donors (Lipinski definition) is 1. The molecule has 0 radical (unpaired) electrons. The second kappa shape index (κ2) is 5.12. The second-order valence-corrected chi connectivity index (χ2v) is 6.17. The summed E-state index contributed by atoms with van der Waals surface area (Å²) in [5.74, 6) is 0. The van der Waals surface area contributed by atoms with Crippen LogP contribution in [0.4, 0.5) is 0 Å². The lowest BCUT2D eigenvalue weighted by Gasteiger charge is -2.14. The Balaban J connectivity index is 2.08. The first kappa shape index (κ1) is 13.1. The van der Waals surface area contributed by atoms with Crippen LogP contribution in [0.1, 0.15) is 43.3 Å². The number of thiazole rings is 1. The topological polar surface area (TPSA) is 58.9 Å². The highest BCUT2D eigenvalue weighted by Crippen LogP contribution is 2.26. The van der Waals surface area contributed by atoms with Gasteiger partial charge in [-0.1, -0.05) is 20.8 Å². The first-order valence-electron chi connectivity index (χ1n) is 5.85.